The average molecular weight is 546 g/mol. The smallest absolute Gasteiger partial charge is 0.407 e. The van der Waals surface area contributed by atoms with Gasteiger partial charge in [0, 0.05) is 26.1 Å². The summed E-state index contributed by atoms with van der Waals surface area (Å²) in [5.41, 5.74) is 4.26. The number of unbranched alkanes of at least 4 members (excludes halogenated alkanes) is 2. The first-order valence-corrected chi connectivity index (χ1v) is 13.8. The van der Waals surface area contributed by atoms with Crippen molar-refractivity contribution in [2.75, 3.05) is 13.1 Å². The Morgan fingerprint density at radius 1 is 0.700 bits per heavy atom. The molecule has 0 heterocycles. The first-order chi connectivity index (χ1) is 19.5. The molecule has 8 heteroatoms. The third-order valence-electron chi connectivity index (χ3n) is 6.45. The molecule has 0 spiro atoms. The summed E-state index contributed by atoms with van der Waals surface area (Å²) in [4.78, 5) is 35.7. The number of ether oxygens (including phenoxy) is 1. The molecular formula is C32H39N3O5. The van der Waals surface area contributed by atoms with E-state index in [4.69, 9.17) is 9.84 Å². The molecule has 0 radical (unpaired) electrons. The number of hydrogen-bond donors (Lipinski definition) is 4. The standard InChI is InChI=1S/C32H39N3O5/c36-30(37)16-8-3-9-21-33-31(38)29(15-10-22-34-32(39)40-24-26-11-4-1-5-12-26)35-23-25-17-19-28(20-18-25)27-13-6-2-7-14-27/h1-2,4-7,11-14,17-20,29,35H,3,8-10,15-16,21-24H2,(H,33,38)(H,34,39)(H,36,37)/t29-/m0/s1. The van der Waals surface area contributed by atoms with E-state index in [1.54, 1.807) is 0 Å². The van der Waals surface area contributed by atoms with Gasteiger partial charge in [-0.05, 0) is 47.9 Å². The van der Waals surface area contributed by atoms with Crippen LogP contribution in [0.4, 0.5) is 4.79 Å². The molecule has 0 unspecified atom stereocenters. The predicted molar refractivity (Wildman–Crippen MR) is 155 cm³/mol. The van der Waals surface area contributed by atoms with E-state index >= 15 is 0 Å². The maximum absolute atomic E-state index is 13.0. The van der Waals surface area contributed by atoms with Gasteiger partial charge in [0.15, 0.2) is 0 Å². The normalized spacial score (nSPS) is 11.4. The van der Waals surface area contributed by atoms with E-state index in [-0.39, 0.29) is 18.9 Å². The number of carboxylic acid groups (broad SMARTS) is 1. The molecule has 212 valence electrons. The number of amides is 2. The summed E-state index contributed by atoms with van der Waals surface area (Å²) in [5, 5.41) is 17.8. The zero-order valence-corrected chi connectivity index (χ0v) is 22.8. The molecule has 8 nitrogen and oxygen atoms in total. The SMILES string of the molecule is O=C(O)CCCCCNC(=O)[C@H](CCCNC(=O)OCc1ccccc1)NCc1ccc(-c2ccccc2)cc1. The largest absolute Gasteiger partial charge is 0.481 e. The number of nitrogens with one attached hydrogen (secondary N) is 3. The molecule has 1 atom stereocenters. The van der Waals surface area contributed by atoms with Gasteiger partial charge in [0.05, 0.1) is 6.04 Å². The number of rotatable bonds is 17. The van der Waals surface area contributed by atoms with Crippen molar-refractivity contribution in [2.45, 2.75) is 57.7 Å². The number of benzene rings is 3. The van der Waals surface area contributed by atoms with E-state index in [1.807, 2.05) is 48.5 Å². The summed E-state index contributed by atoms with van der Waals surface area (Å²) in [6, 6.07) is 27.4. The van der Waals surface area contributed by atoms with Crippen LogP contribution in [0.2, 0.25) is 0 Å². The van der Waals surface area contributed by atoms with E-state index in [2.05, 4.69) is 52.3 Å². The second-order valence-electron chi connectivity index (χ2n) is 9.62. The Balaban J connectivity index is 1.45. The Bertz CT molecular complexity index is 1170. The second kappa shape index (κ2) is 17.4. The van der Waals surface area contributed by atoms with Crippen LogP contribution in [0.5, 0.6) is 0 Å². The highest BCUT2D eigenvalue weighted by atomic mass is 16.5. The molecule has 0 aliphatic heterocycles. The van der Waals surface area contributed by atoms with Crippen molar-refractivity contribution in [3.63, 3.8) is 0 Å². The molecule has 3 rings (SSSR count). The molecule has 3 aromatic rings. The van der Waals surface area contributed by atoms with Gasteiger partial charge in [-0.2, -0.15) is 0 Å². The highest BCUT2D eigenvalue weighted by Gasteiger charge is 2.17. The van der Waals surface area contributed by atoms with Crippen molar-refractivity contribution in [1.82, 2.24) is 16.0 Å². The Labute approximate surface area is 236 Å². The van der Waals surface area contributed by atoms with Gasteiger partial charge >= 0.3 is 12.1 Å². The molecule has 3 aromatic carbocycles. The van der Waals surface area contributed by atoms with Crippen LogP contribution >= 0.6 is 0 Å². The van der Waals surface area contributed by atoms with Gasteiger partial charge in [-0.25, -0.2) is 4.79 Å². The first-order valence-electron chi connectivity index (χ1n) is 13.8. The minimum absolute atomic E-state index is 0.106. The monoisotopic (exact) mass is 545 g/mol. The average Bonchev–Trinajstić information content (AvgIpc) is 2.98. The van der Waals surface area contributed by atoms with Crippen LogP contribution in [-0.2, 0) is 27.5 Å². The summed E-state index contributed by atoms with van der Waals surface area (Å²) < 4.78 is 5.25. The molecule has 40 heavy (non-hydrogen) atoms. The van der Waals surface area contributed by atoms with Gasteiger partial charge in [-0.15, -0.1) is 0 Å². The maximum Gasteiger partial charge on any atom is 0.407 e. The molecule has 0 aromatic heterocycles. The van der Waals surface area contributed by atoms with Crippen molar-refractivity contribution < 1.29 is 24.2 Å². The van der Waals surface area contributed by atoms with Crippen LogP contribution in [-0.4, -0.2) is 42.2 Å². The summed E-state index contributed by atoms with van der Waals surface area (Å²) in [6.07, 6.45) is 2.84. The van der Waals surface area contributed by atoms with E-state index < -0.39 is 18.1 Å². The van der Waals surface area contributed by atoms with Crippen LogP contribution in [0, 0.1) is 0 Å². The Morgan fingerprint density at radius 3 is 2.05 bits per heavy atom. The lowest BCUT2D eigenvalue weighted by Crippen LogP contribution is -2.44. The first kappa shape index (κ1) is 30.4. The van der Waals surface area contributed by atoms with Crippen LogP contribution in [0.1, 0.15) is 49.7 Å². The lowest BCUT2D eigenvalue weighted by molar-refractivity contribution is -0.137. The molecule has 4 N–H and O–H groups in total. The Hall–Kier alpha value is -4.17. The van der Waals surface area contributed by atoms with Crippen molar-refractivity contribution >= 4 is 18.0 Å². The zero-order valence-electron chi connectivity index (χ0n) is 22.8. The van der Waals surface area contributed by atoms with Crippen molar-refractivity contribution in [3.8, 4) is 11.1 Å². The zero-order chi connectivity index (χ0) is 28.4. The van der Waals surface area contributed by atoms with E-state index in [0.29, 0.717) is 38.9 Å². The molecule has 0 fully saturated rings. The number of aliphatic carboxylic acids is 1. The Kier molecular flexibility index (Phi) is 13.2. The summed E-state index contributed by atoms with van der Waals surface area (Å²) in [6.45, 7) is 1.61. The van der Waals surface area contributed by atoms with Crippen molar-refractivity contribution in [3.05, 3.63) is 96.1 Å². The predicted octanol–water partition coefficient (Wildman–Crippen LogP) is 5.28. The molecule has 0 saturated heterocycles. The highest BCUT2D eigenvalue weighted by molar-refractivity contribution is 5.81. The fourth-order valence-corrected chi connectivity index (χ4v) is 4.20. The number of carbonyl (C=O) groups is 3. The number of alkyl carbamates (subject to hydrolysis) is 1. The molecule has 2 amide bonds. The van der Waals surface area contributed by atoms with Crippen LogP contribution in [0.15, 0.2) is 84.9 Å². The van der Waals surface area contributed by atoms with Crippen LogP contribution in [0.25, 0.3) is 11.1 Å². The maximum atomic E-state index is 13.0. The number of carbonyl (C=O) groups excluding carboxylic acids is 2. The van der Waals surface area contributed by atoms with E-state index in [9.17, 15) is 14.4 Å². The minimum Gasteiger partial charge on any atom is -0.481 e. The molecule has 0 bridgehead atoms. The van der Waals surface area contributed by atoms with Gasteiger partial charge in [0.25, 0.3) is 0 Å². The molecule has 0 aliphatic carbocycles. The number of carboxylic acids is 1. The van der Waals surface area contributed by atoms with Gasteiger partial charge in [-0.3, -0.25) is 9.59 Å². The summed E-state index contributed by atoms with van der Waals surface area (Å²) in [7, 11) is 0. The number of hydrogen-bond acceptors (Lipinski definition) is 5. The molecule has 0 aliphatic rings. The van der Waals surface area contributed by atoms with Crippen LogP contribution in [0.3, 0.4) is 0 Å². The van der Waals surface area contributed by atoms with E-state index in [0.717, 1.165) is 35.1 Å². The van der Waals surface area contributed by atoms with Crippen molar-refractivity contribution in [2.24, 2.45) is 0 Å². The molecule has 0 saturated carbocycles. The second-order valence-corrected chi connectivity index (χ2v) is 9.62. The third-order valence-corrected chi connectivity index (χ3v) is 6.45. The highest BCUT2D eigenvalue weighted by Crippen LogP contribution is 2.19. The van der Waals surface area contributed by atoms with Gasteiger partial charge in [-0.1, -0.05) is 91.3 Å². The fourth-order valence-electron chi connectivity index (χ4n) is 4.20. The Morgan fingerprint density at radius 2 is 1.35 bits per heavy atom. The molecular weight excluding hydrogens is 506 g/mol. The summed E-state index contributed by atoms with van der Waals surface area (Å²) in [5.74, 6) is -0.909. The topological polar surface area (TPSA) is 117 Å². The van der Waals surface area contributed by atoms with Crippen LogP contribution < -0.4 is 16.0 Å². The summed E-state index contributed by atoms with van der Waals surface area (Å²) >= 11 is 0. The van der Waals surface area contributed by atoms with Gasteiger partial charge in [0.2, 0.25) is 5.91 Å². The fraction of sp³-hybridized carbons (Fsp3) is 0.344. The quantitative estimate of drug-likeness (QED) is 0.172. The van der Waals surface area contributed by atoms with Gasteiger partial charge in [0.1, 0.15) is 6.61 Å². The minimum atomic E-state index is -0.803. The van der Waals surface area contributed by atoms with Gasteiger partial charge < -0.3 is 25.8 Å². The lowest BCUT2D eigenvalue weighted by Gasteiger charge is -2.19. The van der Waals surface area contributed by atoms with E-state index in [1.165, 1.54) is 0 Å². The lowest BCUT2D eigenvalue weighted by atomic mass is 10.0. The van der Waals surface area contributed by atoms with Crippen molar-refractivity contribution in [1.29, 1.82) is 0 Å². The third kappa shape index (κ3) is 11.7.